The van der Waals surface area contributed by atoms with Gasteiger partial charge in [0.15, 0.2) is 5.82 Å². The van der Waals surface area contributed by atoms with E-state index in [1.165, 1.54) is 24.4 Å². The molecule has 0 spiro atoms. The first kappa shape index (κ1) is 27.5. The van der Waals surface area contributed by atoms with Crippen LogP contribution in [0.3, 0.4) is 0 Å². The highest BCUT2D eigenvalue weighted by atomic mass is 19.1. The summed E-state index contributed by atoms with van der Waals surface area (Å²) in [6, 6.07) is 5.72. The van der Waals surface area contributed by atoms with Gasteiger partial charge in [-0.2, -0.15) is 9.97 Å². The van der Waals surface area contributed by atoms with Crippen LogP contribution in [0.2, 0.25) is 0 Å². The molecule has 0 saturated carbocycles. The van der Waals surface area contributed by atoms with E-state index in [1.807, 2.05) is 6.92 Å². The Kier molecular flexibility index (Phi) is 6.88. The molecule has 222 valence electrons. The number of amidine groups is 1. The number of phenolic OH excluding ortho intramolecular Hbond substituents is 1. The minimum absolute atomic E-state index is 0.0594. The average molecular weight is 590 g/mol. The van der Waals surface area contributed by atoms with Crippen molar-refractivity contribution >= 4 is 39.5 Å². The molecule has 0 radical (unpaired) electrons. The molecule has 0 bridgehead atoms. The van der Waals surface area contributed by atoms with Gasteiger partial charge in [0.25, 0.3) is 0 Å². The van der Waals surface area contributed by atoms with E-state index in [2.05, 4.69) is 35.2 Å². The first-order valence-electron chi connectivity index (χ1n) is 14.5. The van der Waals surface area contributed by atoms with Crippen LogP contribution in [-0.2, 0) is 6.42 Å². The summed E-state index contributed by atoms with van der Waals surface area (Å²) in [5, 5.41) is 15.0. The SMILES string of the molecule is CCc1c(F)ccc2cc(O)cc(-c3ncc4c(NCC5=NCC=N5)nc(OC[C@@]56CCCN5C[C@H](F)C6)nc4c3F)c12. The van der Waals surface area contributed by atoms with E-state index in [9.17, 15) is 13.9 Å². The van der Waals surface area contributed by atoms with Gasteiger partial charge in [0.2, 0.25) is 0 Å². The van der Waals surface area contributed by atoms with E-state index in [0.717, 1.165) is 19.4 Å². The van der Waals surface area contributed by atoms with E-state index >= 15 is 4.39 Å². The number of pyridine rings is 1. The molecular formula is C31H30F3N7O2. The molecule has 0 unspecified atom stereocenters. The van der Waals surface area contributed by atoms with Crippen molar-refractivity contribution in [3.8, 4) is 23.0 Å². The molecule has 2 atom stereocenters. The summed E-state index contributed by atoms with van der Waals surface area (Å²) in [5.74, 6) is -0.451. The molecule has 5 heterocycles. The molecule has 9 nitrogen and oxygen atoms in total. The second-order valence-corrected chi connectivity index (χ2v) is 11.3. The van der Waals surface area contributed by atoms with Crippen molar-refractivity contribution in [2.45, 2.75) is 44.3 Å². The highest BCUT2D eigenvalue weighted by Gasteiger charge is 2.49. The van der Waals surface area contributed by atoms with Gasteiger partial charge in [0, 0.05) is 30.9 Å². The van der Waals surface area contributed by atoms with Crippen molar-refractivity contribution < 1.29 is 23.0 Å². The van der Waals surface area contributed by atoms with Crippen molar-refractivity contribution in [2.24, 2.45) is 9.98 Å². The molecule has 7 rings (SSSR count). The van der Waals surface area contributed by atoms with Gasteiger partial charge < -0.3 is 15.2 Å². The zero-order chi connectivity index (χ0) is 29.7. The number of aromatic nitrogens is 3. The summed E-state index contributed by atoms with van der Waals surface area (Å²) in [7, 11) is 0. The van der Waals surface area contributed by atoms with Crippen molar-refractivity contribution in [1.82, 2.24) is 19.9 Å². The third-order valence-corrected chi connectivity index (χ3v) is 8.67. The van der Waals surface area contributed by atoms with E-state index in [-0.39, 0.29) is 47.5 Å². The van der Waals surface area contributed by atoms with Gasteiger partial charge in [-0.3, -0.25) is 14.9 Å². The Bertz CT molecular complexity index is 1810. The first-order valence-corrected chi connectivity index (χ1v) is 14.5. The van der Waals surface area contributed by atoms with E-state index in [1.54, 1.807) is 12.3 Å². The average Bonchev–Trinajstić information content (AvgIpc) is 3.72. The van der Waals surface area contributed by atoms with Crippen LogP contribution >= 0.6 is 0 Å². The fourth-order valence-electron chi connectivity index (χ4n) is 6.70. The van der Waals surface area contributed by atoms with Crippen molar-refractivity contribution in [1.29, 1.82) is 0 Å². The monoisotopic (exact) mass is 589 g/mol. The molecule has 2 saturated heterocycles. The predicted octanol–water partition coefficient (Wildman–Crippen LogP) is 5.24. The Hall–Kier alpha value is -4.32. The molecule has 2 aromatic heterocycles. The zero-order valence-corrected chi connectivity index (χ0v) is 23.6. The number of alkyl halides is 1. The number of phenols is 1. The van der Waals surface area contributed by atoms with E-state index in [0.29, 0.717) is 53.5 Å². The molecule has 3 aliphatic heterocycles. The molecule has 0 amide bonds. The number of nitrogens with zero attached hydrogens (tertiary/aromatic N) is 6. The molecule has 12 heteroatoms. The minimum atomic E-state index is -0.924. The molecule has 0 aliphatic carbocycles. The molecule has 3 aliphatic rings. The maximum Gasteiger partial charge on any atom is 0.319 e. The lowest BCUT2D eigenvalue weighted by Gasteiger charge is -2.30. The Morgan fingerprint density at radius 1 is 1.21 bits per heavy atom. The summed E-state index contributed by atoms with van der Waals surface area (Å²) in [4.78, 5) is 24.0. The Labute approximate surface area is 245 Å². The first-order chi connectivity index (χ1) is 20.8. The Morgan fingerprint density at radius 3 is 2.91 bits per heavy atom. The molecular weight excluding hydrogens is 559 g/mol. The fourth-order valence-corrected chi connectivity index (χ4v) is 6.70. The highest BCUT2D eigenvalue weighted by Crippen LogP contribution is 2.41. The smallest absolute Gasteiger partial charge is 0.319 e. The lowest BCUT2D eigenvalue weighted by molar-refractivity contribution is 0.107. The number of aromatic hydroxyl groups is 1. The zero-order valence-electron chi connectivity index (χ0n) is 23.6. The summed E-state index contributed by atoms with van der Waals surface area (Å²) >= 11 is 0. The maximum atomic E-state index is 16.5. The van der Waals surface area contributed by atoms with Crippen molar-refractivity contribution in [3.63, 3.8) is 0 Å². The van der Waals surface area contributed by atoms with Gasteiger partial charge in [-0.25, -0.2) is 18.2 Å². The van der Waals surface area contributed by atoms with Crippen molar-refractivity contribution in [3.05, 3.63) is 47.7 Å². The number of ether oxygens (including phenoxy) is 1. The number of anilines is 1. The molecule has 43 heavy (non-hydrogen) atoms. The fraction of sp³-hybridized carbons (Fsp3) is 0.387. The maximum absolute atomic E-state index is 16.5. The topological polar surface area (TPSA) is 108 Å². The lowest BCUT2D eigenvalue weighted by atomic mass is 9.94. The van der Waals surface area contributed by atoms with Gasteiger partial charge in [0.1, 0.15) is 47.2 Å². The van der Waals surface area contributed by atoms with Crippen LogP contribution in [0.5, 0.6) is 11.8 Å². The van der Waals surface area contributed by atoms with Gasteiger partial charge in [-0.05, 0) is 60.3 Å². The normalized spacial score (nSPS) is 21.6. The van der Waals surface area contributed by atoms with Crippen LogP contribution in [0.15, 0.2) is 40.4 Å². The molecule has 2 fully saturated rings. The Morgan fingerprint density at radius 2 is 2.09 bits per heavy atom. The number of hydrogen-bond acceptors (Lipinski definition) is 9. The van der Waals surface area contributed by atoms with Crippen LogP contribution in [0.25, 0.3) is 32.9 Å². The van der Waals surface area contributed by atoms with Gasteiger partial charge in [-0.1, -0.05) is 13.0 Å². The summed E-state index contributed by atoms with van der Waals surface area (Å²) in [6.07, 6.45) is 4.69. The number of rotatable bonds is 8. The predicted molar refractivity (Wildman–Crippen MR) is 159 cm³/mol. The number of aliphatic imine (C=N–C) groups is 2. The quantitative estimate of drug-likeness (QED) is 0.289. The largest absolute Gasteiger partial charge is 0.508 e. The van der Waals surface area contributed by atoms with Gasteiger partial charge in [-0.15, -0.1) is 0 Å². The third kappa shape index (κ3) is 4.83. The lowest BCUT2D eigenvalue weighted by Crippen LogP contribution is -2.43. The van der Waals surface area contributed by atoms with Crippen molar-refractivity contribution in [2.75, 3.05) is 38.1 Å². The third-order valence-electron chi connectivity index (χ3n) is 8.67. The molecule has 4 aromatic rings. The van der Waals surface area contributed by atoms with Crippen LogP contribution in [0.1, 0.15) is 31.7 Å². The second kappa shape index (κ2) is 10.7. The minimum Gasteiger partial charge on any atom is -0.508 e. The number of benzene rings is 2. The number of nitrogens with one attached hydrogen (secondary N) is 1. The van der Waals surface area contributed by atoms with Gasteiger partial charge >= 0.3 is 6.01 Å². The second-order valence-electron chi connectivity index (χ2n) is 11.3. The number of hydrogen-bond donors (Lipinski definition) is 2. The standard InChI is InChI=1S/C31H30F3N7O2/c1-2-20-23(33)5-4-17-10-19(42)11-21(25(17)20)27-26(34)28-22(13-37-27)29(38-14-24-35-7-8-36-24)40-30(39-28)43-16-31-6-3-9-41(31)15-18(32)12-31/h4-5,7,10-11,13,18,42H,2-3,6,8-9,12,14-16H2,1H3,(H,38,39,40)/t18-,31+/m1/s1. The van der Waals surface area contributed by atoms with Crippen LogP contribution in [0.4, 0.5) is 19.0 Å². The highest BCUT2D eigenvalue weighted by molar-refractivity contribution is 6.02. The summed E-state index contributed by atoms with van der Waals surface area (Å²) in [5.41, 5.74) is 0.0450. The molecule has 2 N–H and O–H groups in total. The van der Waals surface area contributed by atoms with E-state index < -0.39 is 23.3 Å². The summed E-state index contributed by atoms with van der Waals surface area (Å²) in [6.45, 7) is 3.89. The van der Waals surface area contributed by atoms with Crippen LogP contribution in [-0.4, -0.2) is 81.5 Å². The Balaban J connectivity index is 1.34. The number of halogens is 3. The van der Waals surface area contributed by atoms with E-state index in [4.69, 9.17) is 4.74 Å². The van der Waals surface area contributed by atoms with Crippen LogP contribution in [0, 0.1) is 11.6 Å². The van der Waals surface area contributed by atoms with Gasteiger partial charge in [0.05, 0.1) is 24.0 Å². The number of fused-ring (bicyclic) bond motifs is 3. The molecule has 2 aromatic carbocycles. The summed E-state index contributed by atoms with van der Waals surface area (Å²) < 4.78 is 51.8. The number of aryl methyl sites for hydroxylation is 1. The van der Waals surface area contributed by atoms with Crippen LogP contribution < -0.4 is 10.1 Å².